The van der Waals surface area contributed by atoms with Crippen LogP contribution in [0.3, 0.4) is 0 Å². The quantitative estimate of drug-likeness (QED) is 0.238. The van der Waals surface area contributed by atoms with Gasteiger partial charge in [-0.2, -0.15) is 0 Å². The first-order chi connectivity index (χ1) is 9.83. The van der Waals surface area contributed by atoms with Gasteiger partial charge in [0.05, 0.1) is 0 Å². The van der Waals surface area contributed by atoms with E-state index in [4.69, 9.17) is 6.42 Å². The van der Waals surface area contributed by atoms with E-state index >= 15 is 0 Å². The van der Waals surface area contributed by atoms with Crippen LogP contribution in [0.4, 0.5) is 0 Å². The summed E-state index contributed by atoms with van der Waals surface area (Å²) in [6.45, 7) is 2.16. The molecule has 1 rings (SSSR count). The standard InChI is InChI=1S/C19H28I/c1-3-4-5-6-7-8-9-10-11-12-17-20-19-15-13-18(2)14-16-19/h1,13-16H,4-12,17H2,2H3/q+1. The van der Waals surface area contributed by atoms with Crippen LogP contribution in [0.5, 0.6) is 0 Å². The van der Waals surface area contributed by atoms with Gasteiger partial charge < -0.3 is 0 Å². The highest BCUT2D eigenvalue weighted by Crippen LogP contribution is 2.08. The molecule has 0 aliphatic heterocycles. The number of aryl methyl sites for hydroxylation is 1. The van der Waals surface area contributed by atoms with Crippen molar-refractivity contribution in [1.82, 2.24) is 0 Å². The Morgan fingerprint density at radius 3 is 2.00 bits per heavy atom. The third-order valence-corrected chi connectivity index (χ3v) is 6.37. The average Bonchev–Trinajstić information content (AvgIpc) is 2.47. The normalized spacial score (nSPS) is 10.4. The van der Waals surface area contributed by atoms with E-state index in [2.05, 4.69) is 37.1 Å². The monoisotopic (exact) mass is 383 g/mol. The Hall–Kier alpha value is -0.490. The summed E-state index contributed by atoms with van der Waals surface area (Å²) in [5.74, 6) is 2.71. The summed E-state index contributed by atoms with van der Waals surface area (Å²) < 4.78 is 3.05. The molecule has 0 aliphatic carbocycles. The van der Waals surface area contributed by atoms with E-state index in [0.717, 1.165) is 6.42 Å². The van der Waals surface area contributed by atoms with Crippen LogP contribution in [-0.4, -0.2) is 4.43 Å². The van der Waals surface area contributed by atoms with Crippen LogP contribution in [0.2, 0.25) is 0 Å². The van der Waals surface area contributed by atoms with Crippen molar-refractivity contribution in [2.24, 2.45) is 0 Å². The molecular formula is C19H28I+. The van der Waals surface area contributed by atoms with E-state index < -0.39 is 0 Å². The number of halogens is 1. The Balaban J connectivity index is 1.85. The highest BCUT2D eigenvalue weighted by atomic mass is 127. The minimum absolute atomic E-state index is 0.259. The lowest BCUT2D eigenvalue weighted by Crippen LogP contribution is -3.62. The van der Waals surface area contributed by atoms with Gasteiger partial charge in [-0.25, -0.2) is 0 Å². The first kappa shape index (κ1) is 17.6. The van der Waals surface area contributed by atoms with Crippen LogP contribution < -0.4 is 21.2 Å². The van der Waals surface area contributed by atoms with Gasteiger partial charge in [-0.1, -0.05) is 49.8 Å². The third kappa shape index (κ3) is 9.42. The van der Waals surface area contributed by atoms with Crippen molar-refractivity contribution >= 4 is 0 Å². The smallest absolute Gasteiger partial charge is 0.120 e. The predicted molar refractivity (Wildman–Crippen MR) is 85.1 cm³/mol. The van der Waals surface area contributed by atoms with Crippen LogP contribution in [0.1, 0.15) is 63.4 Å². The van der Waals surface area contributed by atoms with Crippen molar-refractivity contribution in [3.05, 3.63) is 33.4 Å². The summed E-state index contributed by atoms with van der Waals surface area (Å²) in [4.78, 5) is 0. The molecule has 0 aliphatic rings. The summed E-state index contributed by atoms with van der Waals surface area (Å²) in [5, 5.41) is 0. The third-order valence-electron chi connectivity index (χ3n) is 3.46. The van der Waals surface area contributed by atoms with E-state index in [1.807, 2.05) is 0 Å². The van der Waals surface area contributed by atoms with Crippen molar-refractivity contribution in [2.75, 3.05) is 4.43 Å². The van der Waals surface area contributed by atoms with Gasteiger partial charge in [-0.15, -0.1) is 12.3 Å². The molecule has 1 heteroatoms. The average molecular weight is 383 g/mol. The topological polar surface area (TPSA) is 0 Å². The molecule has 0 unspecified atom stereocenters. The fraction of sp³-hybridized carbons (Fsp3) is 0.579. The van der Waals surface area contributed by atoms with E-state index in [9.17, 15) is 0 Å². The lowest BCUT2D eigenvalue weighted by atomic mass is 10.1. The largest absolute Gasteiger partial charge is 0.313 e. The number of benzene rings is 1. The van der Waals surface area contributed by atoms with Gasteiger partial charge in [-0.05, 0) is 38.3 Å². The van der Waals surface area contributed by atoms with Gasteiger partial charge in [-0.3, -0.25) is 0 Å². The first-order valence-corrected chi connectivity index (χ1v) is 10.5. The van der Waals surface area contributed by atoms with Crippen LogP contribution in [0.15, 0.2) is 24.3 Å². The molecule has 0 bridgehead atoms. The van der Waals surface area contributed by atoms with Gasteiger partial charge in [0.15, 0.2) is 3.57 Å². The summed E-state index contributed by atoms with van der Waals surface area (Å²) >= 11 is 0.259. The maximum absolute atomic E-state index is 5.24. The number of alkyl halides is 1. The van der Waals surface area contributed by atoms with Crippen molar-refractivity contribution in [3.8, 4) is 12.3 Å². The zero-order chi connectivity index (χ0) is 14.5. The number of unbranched alkanes of at least 4 members (excludes halogenated alkanes) is 8. The second-order valence-corrected chi connectivity index (χ2v) is 8.49. The molecule has 0 N–H and O–H groups in total. The maximum Gasteiger partial charge on any atom is 0.313 e. The molecule has 0 atom stereocenters. The van der Waals surface area contributed by atoms with E-state index in [1.165, 1.54) is 61.4 Å². The van der Waals surface area contributed by atoms with Crippen LogP contribution in [0.25, 0.3) is 0 Å². The lowest BCUT2D eigenvalue weighted by Gasteiger charge is -1.99. The van der Waals surface area contributed by atoms with E-state index in [0.29, 0.717) is 0 Å². The molecule has 0 nitrogen and oxygen atoms in total. The Kier molecular flexibility index (Phi) is 10.8. The maximum atomic E-state index is 5.24. The highest BCUT2D eigenvalue weighted by molar-refractivity contribution is 5.11. The minimum atomic E-state index is 0.259. The molecule has 0 aromatic heterocycles. The predicted octanol–water partition coefficient (Wildman–Crippen LogP) is 2.40. The molecule has 1 aromatic rings. The van der Waals surface area contributed by atoms with Gasteiger partial charge in [0.2, 0.25) is 0 Å². The second kappa shape index (κ2) is 12.3. The SMILES string of the molecule is C#CCCCCCCCCCC[I+]c1ccc(C)cc1. The van der Waals surface area contributed by atoms with Crippen molar-refractivity contribution in [3.63, 3.8) is 0 Å². The van der Waals surface area contributed by atoms with Gasteiger partial charge in [0, 0.05) is 6.42 Å². The molecule has 0 spiro atoms. The molecule has 0 radical (unpaired) electrons. The number of terminal acetylenes is 1. The fourth-order valence-corrected chi connectivity index (χ4v) is 4.59. The van der Waals surface area contributed by atoms with Gasteiger partial charge in [0.1, 0.15) is 4.43 Å². The fourth-order valence-electron chi connectivity index (χ4n) is 2.18. The molecular weight excluding hydrogens is 355 g/mol. The Labute approximate surface area is 136 Å². The number of rotatable bonds is 11. The van der Waals surface area contributed by atoms with Crippen LogP contribution in [-0.2, 0) is 0 Å². The zero-order valence-corrected chi connectivity index (χ0v) is 15.0. The Morgan fingerprint density at radius 1 is 0.850 bits per heavy atom. The summed E-state index contributed by atoms with van der Waals surface area (Å²) in [6.07, 6.45) is 17.2. The molecule has 0 saturated carbocycles. The molecule has 1 aromatic carbocycles. The summed E-state index contributed by atoms with van der Waals surface area (Å²) in [6, 6.07) is 9.13. The van der Waals surface area contributed by atoms with Crippen molar-refractivity contribution < 1.29 is 21.2 Å². The molecule has 0 heterocycles. The molecule has 20 heavy (non-hydrogen) atoms. The Bertz CT molecular complexity index is 372. The van der Waals surface area contributed by atoms with Crippen LogP contribution >= 0.6 is 0 Å². The number of hydrogen-bond donors (Lipinski definition) is 0. The van der Waals surface area contributed by atoms with E-state index in [-0.39, 0.29) is 21.2 Å². The lowest BCUT2D eigenvalue weighted by molar-refractivity contribution is -0.627. The molecule has 110 valence electrons. The number of hydrogen-bond acceptors (Lipinski definition) is 0. The summed E-state index contributed by atoms with van der Waals surface area (Å²) in [7, 11) is 0. The summed E-state index contributed by atoms with van der Waals surface area (Å²) in [5.41, 5.74) is 1.38. The molecule has 0 saturated heterocycles. The first-order valence-electron chi connectivity index (χ1n) is 7.92. The van der Waals surface area contributed by atoms with Crippen molar-refractivity contribution in [2.45, 2.75) is 64.7 Å². The highest BCUT2D eigenvalue weighted by Gasteiger charge is 2.09. The Morgan fingerprint density at radius 2 is 1.40 bits per heavy atom. The molecule has 0 fully saturated rings. The van der Waals surface area contributed by atoms with Gasteiger partial charge >= 0.3 is 21.2 Å². The second-order valence-electron chi connectivity index (χ2n) is 5.40. The minimum Gasteiger partial charge on any atom is -0.120 e. The molecule has 0 amide bonds. The van der Waals surface area contributed by atoms with Crippen molar-refractivity contribution in [1.29, 1.82) is 0 Å². The van der Waals surface area contributed by atoms with Crippen LogP contribution in [0, 0.1) is 22.8 Å². The zero-order valence-electron chi connectivity index (χ0n) is 12.8. The van der Waals surface area contributed by atoms with Gasteiger partial charge in [0.25, 0.3) is 0 Å². The van der Waals surface area contributed by atoms with E-state index in [1.54, 1.807) is 3.57 Å².